The van der Waals surface area contributed by atoms with Crippen LogP contribution in [0.15, 0.2) is 29.2 Å². The molecule has 0 aromatic heterocycles. The van der Waals surface area contributed by atoms with Gasteiger partial charge in [-0.15, -0.1) is 0 Å². The zero-order valence-corrected chi connectivity index (χ0v) is 13.0. The van der Waals surface area contributed by atoms with Gasteiger partial charge in [0.05, 0.1) is 4.92 Å². The van der Waals surface area contributed by atoms with Crippen molar-refractivity contribution < 1.29 is 18.1 Å². The van der Waals surface area contributed by atoms with Gasteiger partial charge in [0, 0.05) is 38.7 Å². The van der Waals surface area contributed by atoms with E-state index in [1.165, 1.54) is 28.6 Å². The Bertz CT molecular complexity index is 681. The van der Waals surface area contributed by atoms with E-state index in [1.54, 1.807) is 11.8 Å². The summed E-state index contributed by atoms with van der Waals surface area (Å²) in [6, 6.07) is 5.28. The van der Waals surface area contributed by atoms with Gasteiger partial charge in [-0.25, -0.2) is 8.42 Å². The predicted molar refractivity (Wildman–Crippen MR) is 78.7 cm³/mol. The standard InChI is InChI=1S/C13H17N3O5S/c1-2-13(17)14-7-9-15(10-8-14)22(20,21)12-6-4-3-5-11(12)16(18)19/h3-6H,2,7-10H2,1H3. The number of nitro benzene ring substituents is 1. The molecule has 0 saturated carbocycles. The van der Waals surface area contributed by atoms with E-state index in [-0.39, 0.29) is 23.9 Å². The fourth-order valence-corrected chi connectivity index (χ4v) is 3.95. The minimum Gasteiger partial charge on any atom is -0.340 e. The van der Waals surface area contributed by atoms with Gasteiger partial charge in [0.25, 0.3) is 5.69 Å². The Kier molecular flexibility index (Phi) is 4.77. The normalized spacial score (nSPS) is 16.5. The van der Waals surface area contributed by atoms with Crippen LogP contribution in [-0.4, -0.2) is 54.6 Å². The van der Waals surface area contributed by atoms with Crippen molar-refractivity contribution in [3.05, 3.63) is 34.4 Å². The number of sulfonamides is 1. The number of nitro groups is 1. The van der Waals surface area contributed by atoms with Gasteiger partial charge in [0.15, 0.2) is 4.90 Å². The maximum Gasteiger partial charge on any atom is 0.289 e. The lowest BCUT2D eigenvalue weighted by atomic mass is 10.3. The first-order valence-corrected chi connectivity index (χ1v) is 8.33. The van der Waals surface area contributed by atoms with Gasteiger partial charge in [0.1, 0.15) is 0 Å². The van der Waals surface area contributed by atoms with E-state index >= 15 is 0 Å². The molecule has 2 rings (SSSR count). The highest BCUT2D eigenvalue weighted by Gasteiger charge is 2.34. The van der Waals surface area contributed by atoms with Crippen molar-refractivity contribution in [3.8, 4) is 0 Å². The van der Waals surface area contributed by atoms with Crippen molar-refractivity contribution in [1.82, 2.24) is 9.21 Å². The SMILES string of the molecule is CCC(=O)N1CCN(S(=O)(=O)c2ccccc2[N+](=O)[O-])CC1. The number of hydrogen-bond acceptors (Lipinski definition) is 5. The van der Waals surface area contributed by atoms with E-state index in [0.717, 1.165) is 0 Å². The predicted octanol–water partition coefficient (Wildman–Crippen LogP) is 0.838. The Morgan fingerprint density at radius 2 is 1.82 bits per heavy atom. The Labute approximate surface area is 128 Å². The molecule has 0 aliphatic carbocycles. The third-order valence-electron chi connectivity index (χ3n) is 3.57. The van der Waals surface area contributed by atoms with Crippen LogP contribution in [0.25, 0.3) is 0 Å². The number of benzene rings is 1. The minimum atomic E-state index is -3.94. The molecule has 0 unspecified atom stereocenters. The lowest BCUT2D eigenvalue weighted by Gasteiger charge is -2.33. The molecule has 8 nitrogen and oxygen atoms in total. The lowest BCUT2D eigenvalue weighted by molar-refractivity contribution is -0.387. The summed E-state index contributed by atoms with van der Waals surface area (Å²) in [6.07, 6.45) is 0.372. The van der Waals surface area contributed by atoms with Crippen LogP contribution in [0.2, 0.25) is 0 Å². The van der Waals surface area contributed by atoms with Crippen molar-refractivity contribution in [3.63, 3.8) is 0 Å². The molecule has 1 aromatic rings. The summed E-state index contributed by atoms with van der Waals surface area (Å²) in [4.78, 5) is 23.2. The van der Waals surface area contributed by atoms with Gasteiger partial charge in [-0.05, 0) is 6.07 Å². The fraction of sp³-hybridized carbons (Fsp3) is 0.462. The third kappa shape index (κ3) is 3.09. The van der Waals surface area contributed by atoms with E-state index in [0.29, 0.717) is 19.5 Å². The number of amides is 1. The largest absolute Gasteiger partial charge is 0.340 e. The monoisotopic (exact) mass is 327 g/mol. The Morgan fingerprint density at radius 3 is 2.36 bits per heavy atom. The number of para-hydroxylation sites is 1. The van der Waals surface area contributed by atoms with Crippen LogP contribution in [-0.2, 0) is 14.8 Å². The maximum absolute atomic E-state index is 12.6. The first-order chi connectivity index (χ1) is 10.4. The molecule has 1 saturated heterocycles. The average molecular weight is 327 g/mol. The van der Waals surface area contributed by atoms with Gasteiger partial charge in [0.2, 0.25) is 15.9 Å². The second kappa shape index (κ2) is 6.41. The third-order valence-corrected chi connectivity index (χ3v) is 5.52. The van der Waals surface area contributed by atoms with Gasteiger partial charge in [-0.1, -0.05) is 19.1 Å². The Morgan fingerprint density at radius 1 is 1.23 bits per heavy atom. The van der Waals surface area contributed by atoms with Crippen LogP contribution in [0.3, 0.4) is 0 Å². The summed E-state index contributed by atoms with van der Waals surface area (Å²) < 4.78 is 26.3. The summed E-state index contributed by atoms with van der Waals surface area (Å²) in [6.45, 7) is 2.62. The van der Waals surface area contributed by atoms with Gasteiger partial charge in [-0.2, -0.15) is 4.31 Å². The molecular formula is C13H17N3O5S. The van der Waals surface area contributed by atoms with Gasteiger partial charge < -0.3 is 4.90 Å². The zero-order valence-electron chi connectivity index (χ0n) is 12.1. The number of piperazine rings is 1. The molecule has 1 aromatic carbocycles. The van der Waals surface area contributed by atoms with Crippen LogP contribution >= 0.6 is 0 Å². The highest BCUT2D eigenvalue weighted by atomic mass is 32.2. The molecule has 0 bridgehead atoms. The summed E-state index contributed by atoms with van der Waals surface area (Å²) in [5, 5.41) is 11.0. The topological polar surface area (TPSA) is 101 Å². The molecule has 120 valence electrons. The molecule has 1 amide bonds. The maximum atomic E-state index is 12.6. The van der Waals surface area contributed by atoms with Gasteiger partial charge in [-0.3, -0.25) is 14.9 Å². The zero-order chi connectivity index (χ0) is 16.3. The molecule has 1 aliphatic heterocycles. The van der Waals surface area contributed by atoms with E-state index in [4.69, 9.17) is 0 Å². The molecule has 1 fully saturated rings. The van der Waals surface area contributed by atoms with Gasteiger partial charge >= 0.3 is 0 Å². The van der Waals surface area contributed by atoms with E-state index < -0.39 is 20.6 Å². The quantitative estimate of drug-likeness (QED) is 0.602. The minimum absolute atomic E-state index is 0.0252. The molecule has 0 N–H and O–H groups in total. The molecule has 0 radical (unpaired) electrons. The molecule has 0 spiro atoms. The molecule has 0 atom stereocenters. The van der Waals surface area contributed by atoms with Crippen LogP contribution in [0.4, 0.5) is 5.69 Å². The molecule has 22 heavy (non-hydrogen) atoms. The first-order valence-electron chi connectivity index (χ1n) is 6.89. The summed E-state index contributed by atoms with van der Waals surface area (Å²) in [5.41, 5.74) is -0.436. The Hall–Kier alpha value is -2.00. The van der Waals surface area contributed by atoms with Crippen molar-refractivity contribution in [2.45, 2.75) is 18.2 Å². The number of carbonyl (C=O) groups excluding carboxylic acids is 1. The van der Waals surface area contributed by atoms with Crippen molar-refractivity contribution >= 4 is 21.6 Å². The average Bonchev–Trinajstić information content (AvgIpc) is 2.54. The van der Waals surface area contributed by atoms with Crippen LogP contribution in [0, 0.1) is 10.1 Å². The Balaban J connectivity index is 2.23. The van der Waals surface area contributed by atoms with E-state index in [2.05, 4.69) is 0 Å². The molecular weight excluding hydrogens is 310 g/mol. The fourth-order valence-electron chi connectivity index (χ4n) is 2.37. The van der Waals surface area contributed by atoms with E-state index in [1.807, 2.05) is 0 Å². The second-order valence-corrected chi connectivity index (χ2v) is 6.77. The summed E-state index contributed by atoms with van der Waals surface area (Å²) in [7, 11) is -3.94. The number of rotatable bonds is 4. The van der Waals surface area contributed by atoms with Crippen molar-refractivity contribution in [1.29, 1.82) is 0 Å². The summed E-state index contributed by atoms with van der Waals surface area (Å²) in [5.74, 6) is -0.0252. The second-order valence-electron chi connectivity index (χ2n) is 4.86. The van der Waals surface area contributed by atoms with Crippen LogP contribution < -0.4 is 0 Å². The highest BCUT2D eigenvalue weighted by molar-refractivity contribution is 7.89. The summed E-state index contributed by atoms with van der Waals surface area (Å²) >= 11 is 0. The first kappa shape index (κ1) is 16.4. The van der Waals surface area contributed by atoms with E-state index in [9.17, 15) is 23.3 Å². The van der Waals surface area contributed by atoms with Crippen LogP contribution in [0.1, 0.15) is 13.3 Å². The highest BCUT2D eigenvalue weighted by Crippen LogP contribution is 2.26. The lowest BCUT2D eigenvalue weighted by Crippen LogP contribution is -2.50. The van der Waals surface area contributed by atoms with Crippen molar-refractivity contribution in [2.24, 2.45) is 0 Å². The molecule has 1 aliphatic rings. The smallest absolute Gasteiger partial charge is 0.289 e. The molecule has 1 heterocycles. The van der Waals surface area contributed by atoms with Crippen molar-refractivity contribution in [2.75, 3.05) is 26.2 Å². The number of carbonyl (C=O) groups is 1. The molecule has 9 heteroatoms. The van der Waals surface area contributed by atoms with Crippen LogP contribution in [0.5, 0.6) is 0 Å². The number of hydrogen-bond donors (Lipinski definition) is 0. The number of nitrogens with zero attached hydrogens (tertiary/aromatic N) is 3.